The first-order valence-corrected chi connectivity index (χ1v) is 9.64. The molecule has 0 spiro atoms. The molecule has 144 valence electrons. The third-order valence-electron chi connectivity index (χ3n) is 5.05. The minimum Gasteiger partial charge on any atom is -0.465 e. The molecule has 1 amide bonds. The van der Waals surface area contributed by atoms with Gasteiger partial charge < -0.3 is 14.6 Å². The molecule has 6 nitrogen and oxygen atoms in total. The van der Waals surface area contributed by atoms with E-state index in [1.54, 1.807) is 0 Å². The van der Waals surface area contributed by atoms with E-state index in [0.29, 0.717) is 19.0 Å². The summed E-state index contributed by atoms with van der Waals surface area (Å²) in [7, 11) is 0. The van der Waals surface area contributed by atoms with Gasteiger partial charge >= 0.3 is 0 Å². The van der Waals surface area contributed by atoms with Crippen molar-refractivity contribution >= 4 is 11.9 Å². The van der Waals surface area contributed by atoms with Crippen molar-refractivity contribution in [2.24, 2.45) is 5.92 Å². The standard InChI is InChI=1S/C22H24N4O2/c1-16-9-10-20(28-16)14-23-21(27)18-8-5-11-26(15-18)22-24-12-19(13-25-22)17-6-3-2-4-7-17/h2-4,6-7,9-10,12-13,18H,5,8,11,14-15H2,1H3,(H,23,27)/t18-/m0/s1. The van der Waals surface area contributed by atoms with E-state index in [1.807, 2.05) is 61.8 Å². The summed E-state index contributed by atoms with van der Waals surface area (Å²) in [5, 5.41) is 2.98. The van der Waals surface area contributed by atoms with Gasteiger partial charge in [0.2, 0.25) is 11.9 Å². The molecule has 1 fully saturated rings. The van der Waals surface area contributed by atoms with E-state index in [4.69, 9.17) is 4.42 Å². The minimum absolute atomic E-state index is 0.0552. The third kappa shape index (κ3) is 4.22. The van der Waals surface area contributed by atoms with Gasteiger partial charge in [-0.15, -0.1) is 0 Å². The van der Waals surface area contributed by atoms with E-state index in [9.17, 15) is 4.79 Å². The molecule has 0 aliphatic carbocycles. The summed E-state index contributed by atoms with van der Waals surface area (Å²) in [6.07, 6.45) is 5.52. The number of hydrogen-bond donors (Lipinski definition) is 1. The molecule has 0 saturated carbocycles. The van der Waals surface area contributed by atoms with Crippen LogP contribution in [-0.4, -0.2) is 29.0 Å². The average Bonchev–Trinajstić information content (AvgIpc) is 3.18. The smallest absolute Gasteiger partial charge is 0.225 e. The molecule has 0 bridgehead atoms. The lowest BCUT2D eigenvalue weighted by molar-refractivity contribution is -0.125. The van der Waals surface area contributed by atoms with Gasteiger partial charge in [0.05, 0.1) is 12.5 Å². The molecule has 1 atom stereocenters. The molecule has 6 heteroatoms. The molecule has 1 N–H and O–H groups in total. The Morgan fingerprint density at radius 2 is 1.93 bits per heavy atom. The van der Waals surface area contributed by atoms with Crippen LogP contribution in [0.5, 0.6) is 0 Å². The summed E-state index contributed by atoms with van der Waals surface area (Å²) in [6, 6.07) is 13.9. The van der Waals surface area contributed by atoms with Crippen molar-refractivity contribution in [2.75, 3.05) is 18.0 Å². The number of anilines is 1. The lowest BCUT2D eigenvalue weighted by Gasteiger charge is -2.32. The summed E-state index contributed by atoms with van der Waals surface area (Å²) >= 11 is 0. The number of nitrogens with zero attached hydrogens (tertiary/aromatic N) is 3. The Morgan fingerprint density at radius 1 is 1.14 bits per heavy atom. The zero-order valence-corrected chi connectivity index (χ0v) is 16.0. The Labute approximate surface area is 164 Å². The van der Waals surface area contributed by atoms with Crippen LogP contribution < -0.4 is 10.2 Å². The summed E-state index contributed by atoms with van der Waals surface area (Å²) in [5.41, 5.74) is 2.09. The number of hydrogen-bond acceptors (Lipinski definition) is 5. The number of amides is 1. The SMILES string of the molecule is Cc1ccc(CNC(=O)[C@H]2CCCN(c3ncc(-c4ccccc4)cn3)C2)o1. The van der Waals surface area contributed by atoms with Crippen molar-refractivity contribution in [3.63, 3.8) is 0 Å². The minimum atomic E-state index is -0.0674. The van der Waals surface area contributed by atoms with Crippen LogP contribution in [0, 0.1) is 12.8 Å². The highest BCUT2D eigenvalue weighted by Gasteiger charge is 2.27. The Hall–Kier alpha value is -3.15. The second kappa shape index (κ2) is 8.25. The van der Waals surface area contributed by atoms with E-state index in [2.05, 4.69) is 20.2 Å². The van der Waals surface area contributed by atoms with Crippen molar-refractivity contribution in [2.45, 2.75) is 26.3 Å². The summed E-state index contributed by atoms with van der Waals surface area (Å²) in [5.74, 6) is 2.29. The second-order valence-corrected chi connectivity index (χ2v) is 7.15. The molecule has 0 radical (unpaired) electrons. The number of nitrogens with one attached hydrogen (secondary N) is 1. The van der Waals surface area contributed by atoms with Gasteiger partial charge in [-0.2, -0.15) is 0 Å². The molecule has 1 aliphatic heterocycles. The van der Waals surface area contributed by atoms with Crippen molar-refractivity contribution in [1.29, 1.82) is 0 Å². The number of furan rings is 1. The maximum absolute atomic E-state index is 12.6. The third-order valence-corrected chi connectivity index (χ3v) is 5.05. The van der Waals surface area contributed by atoms with E-state index < -0.39 is 0 Å². The van der Waals surface area contributed by atoms with Crippen LogP contribution in [-0.2, 0) is 11.3 Å². The molecular weight excluding hydrogens is 352 g/mol. The van der Waals surface area contributed by atoms with E-state index >= 15 is 0 Å². The zero-order chi connectivity index (χ0) is 19.3. The maximum atomic E-state index is 12.6. The average molecular weight is 376 g/mol. The number of rotatable bonds is 5. The van der Waals surface area contributed by atoms with Crippen molar-refractivity contribution in [1.82, 2.24) is 15.3 Å². The van der Waals surface area contributed by atoms with Gasteiger partial charge in [-0.1, -0.05) is 30.3 Å². The van der Waals surface area contributed by atoms with Gasteiger partial charge in [0.15, 0.2) is 0 Å². The van der Waals surface area contributed by atoms with Crippen LogP contribution in [0.2, 0.25) is 0 Å². The molecule has 4 rings (SSSR count). The number of carbonyl (C=O) groups is 1. The number of benzene rings is 1. The Bertz CT molecular complexity index is 921. The van der Waals surface area contributed by atoms with Gasteiger partial charge in [0.1, 0.15) is 11.5 Å². The van der Waals surface area contributed by atoms with Crippen molar-refractivity contribution in [3.05, 3.63) is 66.4 Å². The highest BCUT2D eigenvalue weighted by molar-refractivity contribution is 5.79. The number of aromatic nitrogens is 2. The molecule has 0 unspecified atom stereocenters. The van der Waals surface area contributed by atoms with Crippen LogP contribution in [0.15, 0.2) is 59.3 Å². The fourth-order valence-electron chi connectivity index (χ4n) is 3.54. The highest BCUT2D eigenvalue weighted by Crippen LogP contribution is 2.23. The molecule has 1 saturated heterocycles. The molecule has 2 aromatic heterocycles. The first-order chi connectivity index (χ1) is 13.7. The fourth-order valence-corrected chi connectivity index (χ4v) is 3.54. The van der Waals surface area contributed by atoms with Crippen molar-refractivity contribution < 1.29 is 9.21 Å². The first kappa shape index (κ1) is 18.2. The zero-order valence-electron chi connectivity index (χ0n) is 16.0. The van der Waals surface area contributed by atoms with Gasteiger partial charge in [0.25, 0.3) is 0 Å². The summed E-state index contributed by atoms with van der Waals surface area (Å²) in [4.78, 5) is 23.7. The predicted molar refractivity (Wildman–Crippen MR) is 108 cm³/mol. The quantitative estimate of drug-likeness (QED) is 0.737. The van der Waals surface area contributed by atoms with Crippen LogP contribution in [0.4, 0.5) is 5.95 Å². The maximum Gasteiger partial charge on any atom is 0.225 e. The van der Waals surface area contributed by atoms with Crippen molar-refractivity contribution in [3.8, 4) is 11.1 Å². The normalized spacial score (nSPS) is 16.8. The van der Waals surface area contributed by atoms with Crippen LogP contribution >= 0.6 is 0 Å². The van der Waals surface area contributed by atoms with Gasteiger partial charge in [0, 0.05) is 31.0 Å². The molecule has 1 aromatic carbocycles. The first-order valence-electron chi connectivity index (χ1n) is 9.64. The second-order valence-electron chi connectivity index (χ2n) is 7.15. The Morgan fingerprint density at radius 3 is 2.64 bits per heavy atom. The lowest BCUT2D eigenvalue weighted by atomic mass is 9.97. The number of piperidine rings is 1. The topological polar surface area (TPSA) is 71.3 Å². The van der Waals surface area contributed by atoms with E-state index in [1.165, 1.54) is 0 Å². The van der Waals surface area contributed by atoms with Crippen LogP contribution in [0.3, 0.4) is 0 Å². The lowest BCUT2D eigenvalue weighted by Crippen LogP contribution is -2.43. The fraction of sp³-hybridized carbons (Fsp3) is 0.318. The van der Waals surface area contributed by atoms with E-state index in [-0.39, 0.29) is 11.8 Å². The molecule has 3 aromatic rings. The molecular formula is C22H24N4O2. The van der Waals surface area contributed by atoms with E-state index in [0.717, 1.165) is 42.0 Å². The molecule has 3 heterocycles. The Kier molecular flexibility index (Phi) is 5.37. The predicted octanol–water partition coefficient (Wildman–Crippen LogP) is 3.58. The number of aryl methyl sites for hydroxylation is 1. The summed E-state index contributed by atoms with van der Waals surface area (Å²) in [6.45, 7) is 3.82. The van der Waals surface area contributed by atoms with Crippen LogP contribution in [0.25, 0.3) is 11.1 Å². The van der Waals surface area contributed by atoms with Gasteiger partial charge in [-0.25, -0.2) is 9.97 Å². The number of carbonyl (C=O) groups excluding carboxylic acids is 1. The van der Waals surface area contributed by atoms with Crippen LogP contribution in [0.1, 0.15) is 24.4 Å². The van der Waals surface area contributed by atoms with Gasteiger partial charge in [-0.05, 0) is 37.5 Å². The molecule has 28 heavy (non-hydrogen) atoms. The highest BCUT2D eigenvalue weighted by atomic mass is 16.3. The van der Waals surface area contributed by atoms with Gasteiger partial charge in [-0.3, -0.25) is 4.79 Å². The molecule has 1 aliphatic rings. The Balaban J connectivity index is 1.37. The monoisotopic (exact) mass is 376 g/mol. The summed E-state index contributed by atoms with van der Waals surface area (Å²) < 4.78 is 5.51. The largest absolute Gasteiger partial charge is 0.465 e.